The van der Waals surface area contributed by atoms with Gasteiger partial charge in [0, 0.05) is 65.0 Å². The third kappa shape index (κ3) is 3.98. The molecule has 6 aromatic rings. The van der Waals surface area contributed by atoms with Crippen LogP contribution in [0.2, 0.25) is 0 Å². The van der Waals surface area contributed by atoms with Gasteiger partial charge in [-0.25, -0.2) is 0 Å². The van der Waals surface area contributed by atoms with Gasteiger partial charge in [-0.05, 0) is 59.2 Å². The van der Waals surface area contributed by atoms with Gasteiger partial charge in [-0.3, -0.25) is 9.48 Å². The summed E-state index contributed by atoms with van der Waals surface area (Å²) in [6, 6.07) is 25.1. The van der Waals surface area contributed by atoms with Gasteiger partial charge in [-0.2, -0.15) is 5.10 Å². The third-order valence-corrected chi connectivity index (χ3v) is 7.97. The minimum atomic E-state index is -0.00899. The number of carbonyl (C=O) groups is 1. The fourth-order valence-electron chi connectivity index (χ4n) is 5.90. The van der Waals surface area contributed by atoms with Gasteiger partial charge in [0.1, 0.15) is 0 Å². The van der Waals surface area contributed by atoms with Crippen molar-refractivity contribution in [2.24, 2.45) is 13.0 Å². The average molecular weight is 500 g/mol. The lowest BCUT2D eigenvalue weighted by molar-refractivity contribution is -0.117. The predicted octanol–water partition coefficient (Wildman–Crippen LogP) is 6.50. The molecule has 7 rings (SSSR count). The van der Waals surface area contributed by atoms with Crippen LogP contribution in [-0.2, 0) is 18.3 Å². The van der Waals surface area contributed by atoms with Gasteiger partial charge in [-0.1, -0.05) is 54.6 Å². The second kappa shape index (κ2) is 9.06. The molecule has 1 amide bonds. The van der Waals surface area contributed by atoms with Crippen LogP contribution in [0.1, 0.15) is 40.5 Å². The van der Waals surface area contributed by atoms with E-state index in [0.29, 0.717) is 0 Å². The summed E-state index contributed by atoms with van der Waals surface area (Å²) in [6.07, 6.45) is 9.80. The van der Waals surface area contributed by atoms with E-state index >= 15 is 0 Å². The van der Waals surface area contributed by atoms with Crippen molar-refractivity contribution in [3.63, 3.8) is 0 Å². The monoisotopic (exact) mass is 499 g/mol. The summed E-state index contributed by atoms with van der Waals surface area (Å²) in [6.45, 7) is 0. The smallest absolute Gasteiger partial charge is 0.228 e. The van der Waals surface area contributed by atoms with E-state index in [-0.39, 0.29) is 23.7 Å². The number of amides is 1. The molecule has 188 valence electrons. The maximum atomic E-state index is 13.3. The maximum Gasteiger partial charge on any atom is 0.228 e. The summed E-state index contributed by atoms with van der Waals surface area (Å²) in [5.74, 6) is 0.429. The lowest BCUT2D eigenvalue weighted by atomic mass is 9.85. The Labute approximate surface area is 220 Å². The Kier molecular flexibility index (Phi) is 5.39. The number of aromatic nitrogens is 4. The van der Waals surface area contributed by atoms with Crippen molar-refractivity contribution in [1.82, 2.24) is 19.7 Å². The lowest BCUT2D eigenvalue weighted by Gasteiger charge is -2.19. The first kappa shape index (κ1) is 22.6. The Morgan fingerprint density at radius 1 is 0.947 bits per heavy atom. The van der Waals surface area contributed by atoms with Gasteiger partial charge in [0.05, 0.1) is 6.20 Å². The van der Waals surface area contributed by atoms with E-state index in [0.717, 1.165) is 40.7 Å². The molecule has 1 fully saturated rings. The van der Waals surface area contributed by atoms with E-state index < -0.39 is 0 Å². The molecule has 6 nitrogen and oxygen atoms in total. The largest absolute Gasteiger partial charge is 0.361 e. The van der Waals surface area contributed by atoms with E-state index in [1.54, 1.807) is 4.68 Å². The molecule has 0 saturated heterocycles. The second-order valence-corrected chi connectivity index (χ2v) is 10.4. The molecule has 2 unspecified atom stereocenters. The van der Waals surface area contributed by atoms with E-state index in [1.165, 1.54) is 21.9 Å². The summed E-state index contributed by atoms with van der Waals surface area (Å²) >= 11 is 0. The number of rotatable bonds is 7. The maximum absolute atomic E-state index is 13.3. The van der Waals surface area contributed by atoms with Crippen LogP contribution in [0.3, 0.4) is 0 Å². The molecule has 6 heteroatoms. The molecule has 3 heterocycles. The third-order valence-electron chi connectivity index (χ3n) is 7.97. The molecule has 38 heavy (non-hydrogen) atoms. The number of aryl methyl sites for hydroxylation is 1. The van der Waals surface area contributed by atoms with Crippen molar-refractivity contribution in [3.05, 3.63) is 120 Å². The quantitative estimate of drug-likeness (QED) is 0.234. The van der Waals surface area contributed by atoms with Gasteiger partial charge in [-0.15, -0.1) is 0 Å². The van der Waals surface area contributed by atoms with E-state index in [1.807, 2.05) is 31.6 Å². The van der Waals surface area contributed by atoms with Crippen molar-refractivity contribution in [1.29, 1.82) is 0 Å². The number of hydrogen-bond acceptors (Lipinski definition) is 2. The standard InChI is InChI=1S/C32H29N5O/c1-37-19-21(16-35-37)24-15-26(24)32(38)36-29-11-5-2-8-20(29)14-25(27-17-33-30-12-6-3-9-22(27)30)28-18-34-31-13-7-4-10-23(28)31/h2-13,16-19,24-26,33-34H,14-15H2,1H3,(H,36,38). The first-order valence-electron chi connectivity index (χ1n) is 13.1. The summed E-state index contributed by atoms with van der Waals surface area (Å²) in [5.41, 5.74) is 7.92. The number of nitrogens with one attached hydrogen (secondary N) is 3. The molecule has 0 radical (unpaired) electrons. The van der Waals surface area contributed by atoms with Crippen LogP contribution in [-0.4, -0.2) is 25.7 Å². The summed E-state index contributed by atoms with van der Waals surface area (Å²) in [5, 5.41) is 9.99. The summed E-state index contributed by atoms with van der Waals surface area (Å²) < 4.78 is 1.80. The van der Waals surface area contributed by atoms with Crippen LogP contribution in [0.4, 0.5) is 5.69 Å². The molecule has 0 bridgehead atoms. The van der Waals surface area contributed by atoms with Crippen molar-refractivity contribution in [2.45, 2.75) is 24.7 Å². The zero-order chi connectivity index (χ0) is 25.6. The van der Waals surface area contributed by atoms with Crippen LogP contribution in [0, 0.1) is 5.92 Å². The normalized spacial score (nSPS) is 16.9. The van der Waals surface area contributed by atoms with E-state index in [2.05, 4.69) is 93.4 Å². The highest BCUT2D eigenvalue weighted by molar-refractivity contribution is 5.96. The molecule has 1 aliphatic carbocycles. The highest BCUT2D eigenvalue weighted by Crippen LogP contribution is 2.48. The van der Waals surface area contributed by atoms with E-state index in [9.17, 15) is 4.79 Å². The zero-order valence-electron chi connectivity index (χ0n) is 21.2. The van der Waals surface area contributed by atoms with Crippen molar-refractivity contribution in [2.75, 3.05) is 5.32 Å². The molecule has 0 aliphatic heterocycles. The minimum absolute atomic E-state index is 0.00899. The molecule has 3 aromatic carbocycles. The number of para-hydroxylation sites is 3. The van der Waals surface area contributed by atoms with Crippen LogP contribution in [0.15, 0.2) is 97.6 Å². The van der Waals surface area contributed by atoms with Gasteiger partial charge in [0.15, 0.2) is 0 Å². The fraction of sp³-hybridized carbons (Fsp3) is 0.188. The van der Waals surface area contributed by atoms with Crippen LogP contribution < -0.4 is 5.32 Å². The zero-order valence-corrected chi connectivity index (χ0v) is 21.2. The molecular weight excluding hydrogens is 470 g/mol. The van der Waals surface area contributed by atoms with Gasteiger partial charge in [0.25, 0.3) is 0 Å². The molecule has 2 atom stereocenters. The Hall–Kier alpha value is -4.58. The van der Waals surface area contributed by atoms with Crippen molar-refractivity contribution < 1.29 is 4.79 Å². The lowest BCUT2D eigenvalue weighted by Crippen LogP contribution is -2.16. The number of benzene rings is 3. The number of carbonyl (C=O) groups excluding carboxylic acids is 1. The Balaban J connectivity index is 1.23. The average Bonchev–Trinajstić information content (AvgIpc) is 3.23. The van der Waals surface area contributed by atoms with Gasteiger partial charge < -0.3 is 15.3 Å². The number of aromatic amines is 2. The summed E-state index contributed by atoms with van der Waals surface area (Å²) in [7, 11) is 1.91. The van der Waals surface area contributed by atoms with E-state index in [4.69, 9.17) is 0 Å². The highest BCUT2D eigenvalue weighted by Gasteiger charge is 2.44. The van der Waals surface area contributed by atoms with Gasteiger partial charge >= 0.3 is 0 Å². The van der Waals surface area contributed by atoms with Gasteiger partial charge in [0.2, 0.25) is 5.91 Å². The van der Waals surface area contributed by atoms with Crippen LogP contribution in [0.5, 0.6) is 0 Å². The number of nitrogens with zero attached hydrogens (tertiary/aromatic N) is 2. The Morgan fingerprint density at radius 2 is 1.58 bits per heavy atom. The number of anilines is 1. The first-order chi connectivity index (χ1) is 18.7. The fourth-order valence-corrected chi connectivity index (χ4v) is 5.90. The molecular formula is C32H29N5O. The topological polar surface area (TPSA) is 78.5 Å². The van der Waals surface area contributed by atoms with Crippen molar-refractivity contribution in [3.8, 4) is 0 Å². The Bertz CT molecular complexity index is 1700. The van der Waals surface area contributed by atoms with Crippen LogP contribution in [0.25, 0.3) is 21.8 Å². The molecule has 3 N–H and O–H groups in total. The first-order valence-corrected chi connectivity index (χ1v) is 13.1. The number of fused-ring (bicyclic) bond motifs is 2. The van der Waals surface area contributed by atoms with Crippen LogP contribution >= 0.6 is 0 Å². The molecule has 3 aromatic heterocycles. The second-order valence-electron chi connectivity index (χ2n) is 10.4. The number of hydrogen-bond donors (Lipinski definition) is 3. The Morgan fingerprint density at radius 3 is 2.24 bits per heavy atom. The predicted molar refractivity (Wildman–Crippen MR) is 151 cm³/mol. The molecule has 0 spiro atoms. The minimum Gasteiger partial charge on any atom is -0.361 e. The summed E-state index contributed by atoms with van der Waals surface area (Å²) in [4.78, 5) is 20.2. The van der Waals surface area contributed by atoms with Crippen molar-refractivity contribution >= 4 is 33.4 Å². The highest BCUT2D eigenvalue weighted by atomic mass is 16.2. The molecule has 1 aliphatic rings. The number of H-pyrrole nitrogens is 2. The SMILES string of the molecule is Cn1cc(C2CC2C(=O)Nc2ccccc2CC(c2c[nH]c3ccccc23)c2c[nH]c3ccccc23)cn1. The molecule has 1 saturated carbocycles.